The molecule has 0 aliphatic carbocycles. The molecule has 0 saturated carbocycles. The molecule has 1 aromatic carbocycles. The van der Waals surface area contributed by atoms with Gasteiger partial charge in [0.05, 0.1) is 4.88 Å². The lowest BCUT2D eigenvalue weighted by molar-refractivity contribution is 0.0849. The summed E-state index contributed by atoms with van der Waals surface area (Å²) in [5.41, 5.74) is 6.44. The summed E-state index contributed by atoms with van der Waals surface area (Å²) < 4.78 is 0.893. The summed E-state index contributed by atoms with van der Waals surface area (Å²) in [6, 6.07) is 8.73. The number of hydrogen-bond acceptors (Lipinski definition) is 3. The van der Waals surface area contributed by atoms with Crippen LogP contribution in [-0.2, 0) is 6.42 Å². The molecule has 0 bridgehead atoms. The first-order chi connectivity index (χ1) is 10.0. The lowest BCUT2D eigenvalue weighted by Crippen LogP contribution is -2.41. The number of halogens is 1. The molecule has 0 aliphatic rings. The minimum absolute atomic E-state index is 0.298. The number of hydrazine groups is 1. The standard InChI is InChI=1S/C15H15BrN2O2S/c1-3-12-9(2)8-13(21-12)15(20)18-17-14(19)10-4-6-11(16)7-5-10/h4-8H,3H2,1-2H3,(H,17,19)(H,18,20). The molecule has 0 unspecified atom stereocenters. The van der Waals surface area contributed by atoms with Gasteiger partial charge in [-0.1, -0.05) is 22.9 Å². The Morgan fingerprint density at radius 3 is 2.33 bits per heavy atom. The van der Waals surface area contributed by atoms with Gasteiger partial charge in [0.15, 0.2) is 0 Å². The highest BCUT2D eigenvalue weighted by atomic mass is 79.9. The first kappa shape index (κ1) is 15.7. The maximum atomic E-state index is 12.0. The first-order valence-corrected chi connectivity index (χ1v) is 8.07. The van der Waals surface area contributed by atoms with E-state index in [0.29, 0.717) is 10.4 Å². The summed E-state index contributed by atoms with van der Waals surface area (Å²) in [4.78, 5) is 25.7. The van der Waals surface area contributed by atoms with Gasteiger partial charge in [-0.15, -0.1) is 11.3 Å². The molecule has 0 fully saturated rings. The Bertz CT molecular complexity index is 665. The second-order valence-electron chi connectivity index (χ2n) is 4.49. The Morgan fingerprint density at radius 1 is 1.14 bits per heavy atom. The van der Waals surface area contributed by atoms with E-state index in [1.807, 2.05) is 13.0 Å². The van der Waals surface area contributed by atoms with Crippen molar-refractivity contribution in [3.63, 3.8) is 0 Å². The molecule has 0 saturated heterocycles. The zero-order valence-electron chi connectivity index (χ0n) is 11.7. The summed E-state index contributed by atoms with van der Waals surface area (Å²) in [6.45, 7) is 4.03. The molecule has 0 atom stereocenters. The highest BCUT2D eigenvalue weighted by Gasteiger charge is 2.13. The third-order valence-electron chi connectivity index (χ3n) is 2.96. The van der Waals surface area contributed by atoms with Gasteiger partial charge >= 0.3 is 0 Å². The summed E-state index contributed by atoms with van der Waals surface area (Å²) in [5, 5.41) is 0. The number of hydrogen-bond donors (Lipinski definition) is 2. The van der Waals surface area contributed by atoms with Gasteiger partial charge in [-0.3, -0.25) is 20.4 Å². The fourth-order valence-corrected chi connectivity index (χ4v) is 3.10. The SMILES string of the molecule is CCc1sc(C(=O)NNC(=O)c2ccc(Br)cc2)cc1C. The van der Waals surface area contributed by atoms with Gasteiger partial charge in [0, 0.05) is 14.9 Å². The Hall–Kier alpha value is -1.66. The molecule has 2 amide bonds. The van der Waals surface area contributed by atoms with Gasteiger partial charge in [-0.25, -0.2) is 0 Å². The third-order valence-corrected chi connectivity index (χ3v) is 4.87. The van der Waals surface area contributed by atoms with Gasteiger partial charge in [0.2, 0.25) is 0 Å². The van der Waals surface area contributed by atoms with Crippen LogP contribution < -0.4 is 10.9 Å². The smallest absolute Gasteiger partial charge is 0.267 e. The molecule has 2 rings (SSSR count). The topological polar surface area (TPSA) is 58.2 Å². The van der Waals surface area contributed by atoms with E-state index >= 15 is 0 Å². The third kappa shape index (κ3) is 3.92. The number of carbonyl (C=O) groups excluding carboxylic acids is 2. The predicted octanol–water partition coefficient (Wildman–Crippen LogP) is 3.46. The Balaban J connectivity index is 1.97. The van der Waals surface area contributed by atoms with Crippen LogP contribution in [0.25, 0.3) is 0 Å². The highest BCUT2D eigenvalue weighted by molar-refractivity contribution is 9.10. The van der Waals surface area contributed by atoms with Crippen molar-refractivity contribution >= 4 is 39.1 Å². The van der Waals surface area contributed by atoms with E-state index in [0.717, 1.165) is 16.5 Å². The molecule has 0 radical (unpaired) electrons. The maximum absolute atomic E-state index is 12.0. The summed E-state index contributed by atoms with van der Waals surface area (Å²) in [5.74, 6) is -0.645. The molecule has 0 aliphatic heterocycles. The second kappa shape index (κ2) is 6.87. The molecule has 2 aromatic rings. The van der Waals surface area contributed by atoms with Crippen LogP contribution >= 0.6 is 27.3 Å². The van der Waals surface area contributed by atoms with Crippen LogP contribution in [0.15, 0.2) is 34.8 Å². The number of amides is 2. The van der Waals surface area contributed by atoms with E-state index < -0.39 is 0 Å². The molecule has 4 nitrogen and oxygen atoms in total. The monoisotopic (exact) mass is 366 g/mol. The number of aryl methyl sites for hydroxylation is 2. The molecule has 1 aromatic heterocycles. The van der Waals surface area contributed by atoms with Crippen molar-refractivity contribution in [1.29, 1.82) is 0 Å². The number of benzene rings is 1. The van der Waals surface area contributed by atoms with Crippen LogP contribution in [0.4, 0.5) is 0 Å². The number of carbonyl (C=O) groups is 2. The Morgan fingerprint density at radius 2 is 1.76 bits per heavy atom. The molecular formula is C15H15BrN2O2S. The Kier molecular flexibility index (Phi) is 5.14. The molecule has 1 heterocycles. The first-order valence-electron chi connectivity index (χ1n) is 6.46. The molecule has 21 heavy (non-hydrogen) atoms. The van der Waals surface area contributed by atoms with Crippen LogP contribution in [0.2, 0.25) is 0 Å². The lowest BCUT2D eigenvalue weighted by atomic mass is 10.2. The maximum Gasteiger partial charge on any atom is 0.279 e. The van der Waals surface area contributed by atoms with E-state index in [-0.39, 0.29) is 11.8 Å². The van der Waals surface area contributed by atoms with E-state index in [1.165, 1.54) is 16.2 Å². The van der Waals surface area contributed by atoms with Gasteiger partial charge in [-0.05, 0) is 49.2 Å². The average molecular weight is 367 g/mol. The number of thiophene rings is 1. The minimum atomic E-state index is -0.347. The number of rotatable bonds is 3. The van der Waals surface area contributed by atoms with E-state index in [1.54, 1.807) is 24.3 Å². The summed E-state index contributed by atoms with van der Waals surface area (Å²) >= 11 is 4.75. The summed E-state index contributed by atoms with van der Waals surface area (Å²) in [6.07, 6.45) is 0.898. The fraction of sp³-hybridized carbons (Fsp3) is 0.200. The van der Waals surface area contributed by atoms with Gasteiger partial charge < -0.3 is 0 Å². The van der Waals surface area contributed by atoms with Crippen molar-refractivity contribution in [3.05, 3.63) is 55.7 Å². The van der Waals surface area contributed by atoms with Crippen molar-refractivity contribution in [3.8, 4) is 0 Å². The zero-order valence-corrected chi connectivity index (χ0v) is 14.1. The van der Waals surface area contributed by atoms with E-state index in [2.05, 4.69) is 33.7 Å². The normalized spacial score (nSPS) is 10.2. The predicted molar refractivity (Wildman–Crippen MR) is 87.5 cm³/mol. The van der Waals surface area contributed by atoms with Crippen molar-refractivity contribution in [2.45, 2.75) is 20.3 Å². The lowest BCUT2D eigenvalue weighted by Gasteiger charge is -2.06. The molecule has 2 N–H and O–H groups in total. The van der Waals surface area contributed by atoms with Crippen molar-refractivity contribution in [2.75, 3.05) is 0 Å². The molecular weight excluding hydrogens is 352 g/mol. The largest absolute Gasteiger partial charge is 0.279 e. The minimum Gasteiger partial charge on any atom is -0.267 e. The van der Waals surface area contributed by atoms with Crippen LogP contribution in [0.1, 0.15) is 37.4 Å². The second-order valence-corrected chi connectivity index (χ2v) is 6.54. The van der Waals surface area contributed by atoms with Gasteiger partial charge in [-0.2, -0.15) is 0 Å². The Labute approximate surface area is 135 Å². The fourth-order valence-electron chi connectivity index (χ4n) is 1.83. The van der Waals surface area contributed by atoms with Crippen molar-refractivity contribution in [1.82, 2.24) is 10.9 Å². The molecule has 6 heteroatoms. The highest BCUT2D eigenvalue weighted by Crippen LogP contribution is 2.22. The molecule has 110 valence electrons. The van der Waals surface area contributed by atoms with Crippen LogP contribution in [-0.4, -0.2) is 11.8 Å². The van der Waals surface area contributed by atoms with Crippen molar-refractivity contribution in [2.24, 2.45) is 0 Å². The van der Waals surface area contributed by atoms with Crippen LogP contribution in [0.5, 0.6) is 0 Å². The quantitative estimate of drug-likeness (QED) is 0.817. The van der Waals surface area contributed by atoms with Crippen LogP contribution in [0.3, 0.4) is 0 Å². The zero-order chi connectivity index (χ0) is 15.4. The average Bonchev–Trinajstić information content (AvgIpc) is 2.86. The number of nitrogens with one attached hydrogen (secondary N) is 2. The van der Waals surface area contributed by atoms with Crippen LogP contribution in [0, 0.1) is 6.92 Å². The van der Waals surface area contributed by atoms with Gasteiger partial charge in [0.25, 0.3) is 11.8 Å². The van der Waals surface area contributed by atoms with Gasteiger partial charge in [0.1, 0.15) is 0 Å². The summed E-state index contributed by atoms with van der Waals surface area (Å²) in [7, 11) is 0. The van der Waals surface area contributed by atoms with E-state index in [4.69, 9.17) is 0 Å². The van der Waals surface area contributed by atoms with Crippen molar-refractivity contribution < 1.29 is 9.59 Å². The molecule has 0 spiro atoms. The van der Waals surface area contributed by atoms with E-state index in [9.17, 15) is 9.59 Å².